The minimum absolute atomic E-state index is 0.0207. The minimum atomic E-state index is -4.71. The molecular weight excluding hydrogens is 855 g/mol. The summed E-state index contributed by atoms with van der Waals surface area (Å²) in [6.45, 7) is 11.0. The fourth-order valence-electron chi connectivity index (χ4n) is 8.52. The highest BCUT2D eigenvalue weighted by molar-refractivity contribution is 7.10. The Morgan fingerprint density at radius 3 is 2.48 bits per heavy atom. The normalized spacial score (nSPS) is 20.4. The fourth-order valence-corrected chi connectivity index (χ4v) is 9.36. The van der Waals surface area contributed by atoms with Gasteiger partial charge in [0.2, 0.25) is 5.91 Å². The molecule has 350 valence electrons. The lowest BCUT2D eigenvalue weighted by Crippen LogP contribution is -2.60. The first-order chi connectivity index (χ1) is 30.3. The summed E-state index contributed by atoms with van der Waals surface area (Å²) in [5.74, 6) is -2.14. The number of pyridine rings is 1. The Hall–Kier alpha value is -4.69. The number of alkyl halides is 3. The summed E-state index contributed by atoms with van der Waals surface area (Å²) in [4.78, 5) is 54.8. The first kappa shape index (κ1) is 48.8. The van der Waals surface area contributed by atoms with Gasteiger partial charge in [-0.25, -0.2) is 14.8 Å². The van der Waals surface area contributed by atoms with Crippen LogP contribution in [0.3, 0.4) is 0 Å². The van der Waals surface area contributed by atoms with Crippen molar-refractivity contribution in [3.05, 3.63) is 51.9 Å². The zero-order valence-corrected chi connectivity index (χ0v) is 38.7. The van der Waals surface area contributed by atoms with E-state index in [1.165, 1.54) is 30.5 Å². The number of nitrogens with zero attached hydrogens (tertiary/aromatic N) is 6. The van der Waals surface area contributed by atoms with Crippen molar-refractivity contribution >= 4 is 45.7 Å². The lowest BCUT2D eigenvalue weighted by molar-refractivity contribution is -0.155. The molecule has 14 nitrogen and oxygen atoms in total. The van der Waals surface area contributed by atoms with E-state index in [2.05, 4.69) is 26.3 Å². The number of aromatic nitrogens is 3. The highest BCUT2D eigenvalue weighted by atomic mass is 32.1. The van der Waals surface area contributed by atoms with E-state index in [4.69, 9.17) is 19.4 Å². The molecule has 0 saturated carbocycles. The number of thiazole rings is 1. The summed E-state index contributed by atoms with van der Waals surface area (Å²) in [5, 5.41) is 6.64. The fraction of sp³-hybridized carbons (Fsp3) is 0.578. The van der Waals surface area contributed by atoms with Crippen LogP contribution >= 0.6 is 11.3 Å². The van der Waals surface area contributed by atoms with E-state index >= 15 is 4.39 Å². The van der Waals surface area contributed by atoms with Crippen molar-refractivity contribution < 1.29 is 41.4 Å². The van der Waals surface area contributed by atoms with Gasteiger partial charge in [-0.1, -0.05) is 27.7 Å². The summed E-state index contributed by atoms with van der Waals surface area (Å²) in [6.07, 6.45) is -2.46. The van der Waals surface area contributed by atoms with Crippen molar-refractivity contribution in [3.8, 4) is 22.5 Å². The Balaban J connectivity index is 0.00000335. The molecule has 2 unspecified atom stereocenters. The molecule has 2 saturated heterocycles. The molecule has 0 radical (unpaired) electrons. The average molecular weight is 916 g/mol. The van der Waals surface area contributed by atoms with Crippen LogP contribution in [0, 0.1) is 17.2 Å². The maximum absolute atomic E-state index is 16.6. The van der Waals surface area contributed by atoms with Crippen molar-refractivity contribution in [2.75, 3.05) is 65.4 Å². The number of piperazine rings is 1. The third-order valence-electron chi connectivity index (χ3n) is 11.8. The number of cyclic esters (lactones) is 1. The summed E-state index contributed by atoms with van der Waals surface area (Å²) in [7, 11) is 5.04. The SMILES string of the molecule is CN.COC(C)c1ncc(N2CCN(C)CC2)cc1-c1c2c3cc(c(F)cc3n1CC(F)(F)F)-c1csc(n1)C[C@H](NC(=O)CC(C)C)C(=O)N1CCCC(N1)C(=O)OCC(C)(C)C2. The van der Waals surface area contributed by atoms with Crippen molar-refractivity contribution in [2.45, 2.75) is 97.6 Å². The van der Waals surface area contributed by atoms with Crippen LogP contribution in [0.5, 0.6) is 0 Å². The van der Waals surface area contributed by atoms with Gasteiger partial charge in [-0.3, -0.25) is 24.4 Å². The molecule has 6 bridgehead atoms. The number of fused-ring (bicyclic) bond motifs is 6. The van der Waals surface area contributed by atoms with E-state index in [9.17, 15) is 27.6 Å². The minimum Gasteiger partial charge on any atom is -0.464 e. The van der Waals surface area contributed by atoms with Crippen LogP contribution in [0.4, 0.5) is 23.2 Å². The van der Waals surface area contributed by atoms with Crippen molar-refractivity contribution in [3.63, 3.8) is 0 Å². The predicted octanol–water partition coefficient (Wildman–Crippen LogP) is 6.26. The Morgan fingerprint density at radius 1 is 1.09 bits per heavy atom. The number of methoxy groups -OCH3 is 1. The first-order valence-electron chi connectivity index (χ1n) is 21.7. The number of esters is 1. The van der Waals surface area contributed by atoms with Gasteiger partial charge in [0, 0.05) is 80.0 Å². The van der Waals surface area contributed by atoms with Gasteiger partial charge in [0.25, 0.3) is 5.91 Å². The number of likely N-dealkylation sites (N-methyl/N-ethyl adjacent to an activating group) is 1. The summed E-state index contributed by atoms with van der Waals surface area (Å²) >= 11 is 1.18. The van der Waals surface area contributed by atoms with Gasteiger partial charge < -0.3 is 34.9 Å². The van der Waals surface area contributed by atoms with Gasteiger partial charge in [-0.05, 0) is 70.0 Å². The van der Waals surface area contributed by atoms with E-state index in [0.717, 1.165) is 29.4 Å². The maximum atomic E-state index is 16.6. The van der Waals surface area contributed by atoms with Crippen molar-refractivity contribution in [1.82, 2.24) is 35.2 Å². The Labute approximate surface area is 375 Å². The van der Waals surface area contributed by atoms with Crippen LogP contribution in [0.15, 0.2) is 29.8 Å². The summed E-state index contributed by atoms with van der Waals surface area (Å²) in [6, 6.07) is 2.62. The quantitative estimate of drug-likeness (QED) is 0.135. The van der Waals surface area contributed by atoms with E-state index in [1.54, 1.807) is 24.6 Å². The Bertz CT molecular complexity index is 2310. The standard InChI is InChI=1S/C44H56F4N8O5S.CH5N/c1-25(2)15-37(57)50-34-19-38-51-35(22-62-38)29-17-28-31(20-43(4,5)24-61-42(59)33-9-8-10-56(52-33)41(34)58)40(55(23-44(46,47)48)36(28)18-32(29)45)30-16-27(21-49-39(30)26(3)60-7)54-13-11-53(6)12-14-54;1-2/h16-18,21-22,25-26,33-34,52H,8-15,19-20,23-24H2,1-7H3,(H,50,57);2H2,1H3/t26?,33?,34-;/m0./s1. The Morgan fingerprint density at radius 2 is 1.81 bits per heavy atom. The van der Waals surface area contributed by atoms with E-state index < -0.39 is 54.0 Å². The number of carbonyl (C=O) groups is 3. The van der Waals surface area contributed by atoms with Crippen LogP contribution in [-0.4, -0.2) is 121 Å². The predicted molar refractivity (Wildman–Crippen MR) is 239 cm³/mol. The molecule has 6 heterocycles. The summed E-state index contributed by atoms with van der Waals surface area (Å²) < 4.78 is 74.1. The number of hydrazine groups is 1. The van der Waals surface area contributed by atoms with Gasteiger partial charge in [0.05, 0.1) is 52.2 Å². The van der Waals surface area contributed by atoms with Gasteiger partial charge in [-0.15, -0.1) is 11.3 Å². The van der Waals surface area contributed by atoms with Crippen LogP contribution in [0.25, 0.3) is 33.4 Å². The zero-order valence-electron chi connectivity index (χ0n) is 37.9. The maximum Gasteiger partial charge on any atom is 0.406 e. The average Bonchev–Trinajstić information content (AvgIpc) is 3.82. The highest BCUT2D eigenvalue weighted by Gasteiger charge is 2.38. The second kappa shape index (κ2) is 20.2. The van der Waals surface area contributed by atoms with E-state index in [1.807, 2.05) is 40.8 Å². The zero-order chi connectivity index (χ0) is 46.7. The smallest absolute Gasteiger partial charge is 0.406 e. The molecular formula is C45H61F4N9O5S. The number of hydrogen-bond acceptors (Lipinski definition) is 12. The third kappa shape index (κ3) is 11.2. The van der Waals surface area contributed by atoms with Gasteiger partial charge in [-0.2, -0.15) is 13.2 Å². The molecule has 3 aromatic heterocycles. The van der Waals surface area contributed by atoms with Crippen molar-refractivity contribution in [2.24, 2.45) is 17.1 Å². The number of anilines is 1. The van der Waals surface area contributed by atoms with E-state index in [0.29, 0.717) is 53.1 Å². The molecule has 1 aromatic carbocycles. The van der Waals surface area contributed by atoms with Gasteiger partial charge in [0.1, 0.15) is 24.4 Å². The van der Waals surface area contributed by atoms with Crippen molar-refractivity contribution in [1.29, 1.82) is 0 Å². The number of ether oxygens (including phenoxy) is 2. The van der Waals surface area contributed by atoms with Gasteiger partial charge >= 0.3 is 12.1 Å². The molecule has 19 heteroatoms. The number of hydrogen-bond donors (Lipinski definition) is 3. The van der Waals surface area contributed by atoms with Crippen LogP contribution in [0.2, 0.25) is 0 Å². The van der Waals surface area contributed by atoms with Crippen LogP contribution in [-0.2, 0) is 43.2 Å². The molecule has 7 rings (SSSR count). The third-order valence-corrected chi connectivity index (χ3v) is 12.7. The van der Waals surface area contributed by atoms with Crippen LogP contribution in [0.1, 0.15) is 76.3 Å². The number of amides is 2. The molecule has 3 aliphatic rings. The second-order valence-electron chi connectivity index (χ2n) is 18.0. The number of nitrogens with two attached hydrogens (primary N) is 1. The topological polar surface area (TPSA) is 160 Å². The van der Waals surface area contributed by atoms with E-state index in [-0.39, 0.29) is 66.7 Å². The largest absolute Gasteiger partial charge is 0.464 e. The van der Waals surface area contributed by atoms with Gasteiger partial charge in [0.15, 0.2) is 0 Å². The molecule has 3 atom stereocenters. The molecule has 4 aromatic rings. The number of carbonyl (C=O) groups excluding carboxylic acids is 3. The Kier molecular flexibility index (Phi) is 15.4. The number of rotatable bonds is 8. The summed E-state index contributed by atoms with van der Waals surface area (Å²) in [5.41, 5.74) is 9.24. The lowest BCUT2D eigenvalue weighted by atomic mass is 9.84. The molecule has 2 fully saturated rings. The first-order valence-corrected chi connectivity index (χ1v) is 22.6. The molecule has 64 heavy (non-hydrogen) atoms. The molecule has 0 spiro atoms. The molecule has 4 N–H and O–H groups in total. The second-order valence-corrected chi connectivity index (χ2v) is 18.9. The van der Waals surface area contributed by atoms with Crippen LogP contribution < -0.4 is 21.4 Å². The molecule has 3 aliphatic heterocycles. The lowest BCUT2D eigenvalue weighted by Gasteiger charge is -2.35. The number of benzene rings is 1. The number of nitrogens with one attached hydrogen (secondary N) is 2. The molecule has 0 aliphatic carbocycles. The molecule has 2 amide bonds. The monoisotopic (exact) mass is 915 g/mol. The highest BCUT2D eigenvalue weighted by Crippen LogP contribution is 2.44. The number of halogens is 4.